The summed E-state index contributed by atoms with van der Waals surface area (Å²) in [5.41, 5.74) is -3.64. The van der Waals surface area contributed by atoms with E-state index in [0.717, 1.165) is 12.0 Å². The predicted molar refractivity (Wildman–Crippen MR) is 100 cm³/mol. The predicted octanol–water partition coefficient (Wildman–Crippen LogP) is 7.42. The Kier molecular flexibility index (Phi) is 5.64. The van der Waals surface area contributed by atoms with Crippen molar-refractivity contribution in [2.24, 2.45) is 0 Å². The molecule has 166 valence electrons. The molecule has 3 aromatic rings. The Labute approximate surface area is 171 Å². The van der Waals surface area contributed by atoms with Gasteiger partial charge < -0.3 is 9.72 Å². The van der Waals surface area contributed by atoms with Gasteiger partial charge in [0.2, 0.25) is 0 Å². The average molecular weight is 446 g/mol. The fourth-order valence-electron chi connectivity index (χ4n) is 3.18. The standard InChI is InChI=1S/C20H16F6N2O3/c1-3-10(2)14-9-27-17-5-4-12(8-13(14)17)31-18-15(19(21,22)23)6-11(28(29)30)7-16(18)20(24,25)26/h4-10,27H,3H2,1-2H3. The second kappa shape index (κ2) is 7.78. The van der Waals surface area contributed by atoms with E-state index >= 15 is 0 Å². The Morgan fingerprint density at radius 3 is 2.13 bits per heavy atom. The van der Waals surface area contributed by atoms with Gasteiger partial charge in [-0.05, 0) is 36.1 Å². The molecule has 31 heavy (non-hydrogen) atoms. The number of benzene rings is 2. The van der Waals surface area contributed by atoms with Gasteiger partial charge in [-0.2, -0.15) is 26.3 Å². The third-order valence-corrected chi connectivity index (χ3v) is 4.94. The van der Waals surface area contributed by atoms with Crippen LogP contribution >= 0.6 is 0 Å². The summed E-state index contributed by atoms with van der Waals surface area (Å²) in [6, 6.07) is 4.10. The highest BCUT2D eigenvalue weighted by Gasteiger charge is 2.44. The van der Waals surface area contributed by atoms with Crippen LogP contribution in [-0.4, -0.2) is 9.91 Å². The van der Waals surface area contributed by atoms with Crippen molar-refractivity contribution in [1.29, 1.82) is 0 Å². The Balaban J connectivity index is 2.21. The van der Waals surface area contributed by atoms with Crippen molar-refractivity contribution in [3.8, 4) is 11.5 Å². The van der Waals surface area contributed by atoms with Crippen molar-refractivity contribution in [3.05, 3.63) is 63.3 Å². The van der Waals surface area contributed by atoms with Crippen LogP contribution in [0.5, 0.6) is 11.5 Å². The number of nitrogens with zero attached hydrogens (tertiary/aromatic N) is 1. The van der Waals surface area contributed by atoms with Crippen LogP contribution in [0.25, 0.3) is 10.9 Å². The summed E-state index contributed by atoms with van der Waals surface area (Å²) >= 11 is 0. The summed E-state index contributed by atoms with van der Waals surface area (Å²) in [5, 5.41) is 11.5. The summed E-state index contributed by atoms with van der Waals surface area (Å²) in [4.78, 5) is 12.6. The average Bonchev–Trinajstić information content (AvgIpc) is 3.08. The molecule has 5 nitrogen and oxygen atoms in total. The molecule has 0 spiro atoms. The number of halogens is 6. The van der Waals surface area contributed by atoms with Gasteiger partial charge in [0.15, 0.2) is 5.75 Å². The molecule has 1 N–H and O–H groups in total. The minimum atomic E-state index is -5.32. The first-order valence-corrected chi connectivity index (χ1v) is 9.08. The largest absolute Gasteiger partial charge is 0.456 e. The Bertz CT molecular complexity index is 1100. The van der Waals surface area contributed by atoms with Gasteiger partial charge in [0.25, 0.3) is 5.69 Å². The van der Waals surface area contributed by atoms with Gasteiger partial charge in [-0.25, -0.2) is 0 Å². The van der Waals surface area contributed by atoms with Crippen molar-refractivity contribution >= 4 is 16.6 Å². The number of rotatable bonds is 5. The zero-order chi connectivity index (χ0) is 23.1. The second-order valence-corrected chi connectivity index (χ2v) is 6.99. The number of hydrogen-bond acceptors (Lipinski definition) is 3. The number of aromatic amines is 1. The minimum Gasteiger partial charge on any atom is -0.456 e. The number of fused-ring (bicyclic) bond motifs is 1. The molecule has 1 aromatic heterocycles. The maximum absolute atomic E-state index is 13.5. The number of aromatic nitrogens is 1. The Hall–Kier alpha value is -3.24. The van der Waals surface area contributed by atoms with Gasteiger partial charge in [-0.15, -0.1) is 0 Å². The van der Waals surface area contributed by atoms with Gasteiger partial charge in [0, 0.05) is 29.2 Å². The van der Waals surface area contributed by atoms with Gasteiger partial charge in [-0.3, -0.25) is 10.1 Å². The van der Waals surface area contributed by atoms with E-state index in [0.29, 0.717) is 10.9 Å². The smallest absolute Gasteiger partial charge is 0.420 e. The quantitative estimate of drug-likeness (QED) is 0.252. The van der Waals surface area contributed by atoms with Crippen LogP contribution in [0.4, 0.5) is 32.0 Å². The number of nitro benzene ring substituents is 1. The topological polar surface area (TPSA) is 68.2 Å². The SMILES string of the molecule is CCC(C)c1c[nH]c2ccc(Oc3c(C(F)(F)F)cc([N+](=O)[O-])cc3C(F)(F)F)cc12. The molecule has 2 aromatic carbocycles. The highest BCUT2D eigenvalue weighted by molar-refractivity contribution is 5.85. The van der Waals surface area contributed by atoms with Crippen LogP contribution in [0.15, 0.2) is 36.5 Å². The van der Waals surface area contributed by atoms with E-state index < -0.39 is 39.8 Å². The molecule has 0 radical (unpaired) electrons. The van der Waals surface area contributed by atoms with Gasteiger partial charge in [-0.1, -0.05) is 13.8 Å². The van der Waals surface area contributed by atoms with E-state index in [1.54, 1.807) is 6.20 Å². The Morgan fingerprint density at radius 1 is 1.06 bits per heavy atom. The zero-order valence-corrected chi connectivity index (χ0v) is 16.2. The molecule has 0 saturated heterocycles. The van der Waals surface area contributed by atoms with Crippen LogP contribution in [0.3, 0.4) is 0 Å². The first kappa shape index (κ1) is 22.4. The lowest BCUT2D eigenvalue weighted by atomic mass is 9.98. The molecule has 3 rings (SSSR count). The van der Waals surface area contributed by atoms with E-state index in [2.05, 4.69) is 4.98 Å². The molecule has 1 atom stereocenters. The summed E-state index contributed by atoms with van der Waals surface area (Å²) in [7, 11) is 0. The van der Waals surface area contributed by atoms with Crippen LogP contribution in [0, 0.1) is 10.1 Å². The zero-order valence-electron chi connectivity index (χ0n) is 16.2. The second-order valence-electron chi connectivity index (χ2n) is 6.99. The van der Waals surface area contributed by atoms with E-state index in [4.69, 9.17) is 4.74 Å². The Morgan fingerprint density at radius 2 is 1.65 bits per heavy atom. The van der Waals surface area contributed by atoms with Gasteiger partial charge in [0.05, 0.1) is 4.92 Å². The van der Waals surface area contributed by atoms with Crippen molar-refractivity contribution in [2.75, 3.05) is 0 Å². The lowest BCUT2D eigenvalue weighted by molar-refractivity contribution is -0.385. The van der Waals surface area contributed by atoms with Crippen LogP contribution in [0.2, 0.25) is 0 Å². The molecule has 0 aliphatic rings. The van der Waals surface area contributed by atoms with Gasteiger partial charge >= 0.3 is 12.4 Å². The van der Waals surface area contributed by atoms with E-state index in [1.807, 2.05) is 13.8 Å². The molecule has 0 amide bonds. The van der Waals surface area contributed by atoms with E-state index in [9.17, 15) is 36.5 Å². The molecular weight excluding hydrogens is 430 g/mol. The van der Waals surface area contributed by atoms with E-state index in [-0.39, 0.29) is 23.8 Å². The first-order chi connectivity index (χ1) is 14.3. The third kappa shape index (κ3) is 4.44. The molecule has 1 unspecified atom stereocenters. The molecule has 0 bridgehead atoms. The maximum atomic E-state index is 13.5. The molecular formula is C20H16F6N2O3. The summed E-state index contributed by atoms with van der Waals surface area (Å²) in [6.07, 6.45) is -8.16. The maximum Gasteiger partial charge on any atom is 0.420 e. The molecule has 11 heteroatoms. The number of nitrogens with one attached hydrogen (secondary N) is 1. The fourth-order valence-corrected chi connectivity index (χ4v) is 3.18. The van der Waals surface area contributed by atoms with Crippen molar-refractivity contribution in [1.82, 2.24) is 4.98 Å². The monoisotopic (exact) mass is 446 g/mol. The van der Waals surface area contributed by atoms with Crippen LogP contribution in [-0.2, 0) is 12.4 Å². The van der Waals surface area contributed by atoms with Crippen molar-refractivity contribution < 1.29 is 36.0 Å². The number of H-pyrrole nitrogens is 1. The number of non-ortho nitro benzene ring substituents is 1. The van der Waals surface area contributed by atoms with Crippen molar-refractivity contribution in [3.63, 3.8) is 0 Å². The molecule has 0 fully saturated rings. The number of alkyl halides is 6. The summed E-state index contributed by atoms with van der Waals surface area (Å²) in [5.74, 6) is -1.72. The minimum absolute atomic E-state index is 0.0317. The normalized spacial score (nSPS) is 13.4. The van der Waals surface area contributed by atoms with Crippen LogP contribution in [0.1, 0.15) is 42.9 Å². The highest BCUT2D eigenvalue weighted by atomic mass is 19.4. The van der Waals surface area contributed by atoms with Crippen molar-refractivity contribution in [2.45, 2.75) is 38.5 Å². The summed E-state index contributed by atoms with van der Waals surface area (Å²) in [6.45, 7) is 3.86. The fraction of sp³-hybridized carbons (Fsp3) is 0.300. The number of hydrogen-bond donors (Lipinski definition) is 1. The molecule has 0 aliphatic heterocycles. The number of ether oxygens (including phenoxy) is 1. The third-order valence-electron chi connectivity index (χ3n) is 4.94. The lowest BCUT2D eigenvalue weighted by Crippen LogP contribution is -2.15. The molecule has 0 saturated carbocycles. The summed E-state index contributed by atoms with van der Waals surface area (Å²) < 4.78 is 86.1. The molecule has 1 heterocycles. The highest BCUT2D eigenvalue weighted by Crippen LogP contribution is 2.48. The molecule has 0 aliphatic carbocycles. The number of nitro groups is 1. The van der Waals surface area contributed by atoms with Crippen LogP contribution < -0.4 is 4.74 Å². The van der Waals surface area contributed by atoms with Gasteiger partial charge in [0.1, 0.15) is 16.9 Å². The van der Waals surface area contributed by atoms with E-state index in [1.165, 1.54) is 18.2 Å². The first-order valence-electron chi connectivity index (χ1n) is 9.08. The lowest BCUT2D eigenvalue weighted by Gasteiger charge is -2.19.